The van der Waals surface area contributed by atoms with Crippen molar-refractivity contribution in [3.8, 4) is 0 Å². The van der Waals surface area contributed by atoms with Gasteiger partial charge in [-0.3, -0.25) is 4.79 Å². The minimum absolute atomic E-state index is 0.133. The Morgan fingerprint density at radius 3 is 2.33 bits per heavy atom. The number of halogens is 3. The Labute approximate surface area is 101 Å². The number of hydrogen-bond donors (Lipinski definition) is 2. The van der Waals surface area contributed by atoms with Crippen molar-refractivity contribution < 1.29 is 27.9 Å². The van der Waals surface area contributed by atoms with Crippen LogP contribution in [0.2, 0.25) is 0 Å². The highest BCUT2D eigenvalue weighted by Gasteiger charge is 2.64. The largest absolute Gasteiger partial charge is 0.480 e. The fourth-order valence-electron chi connectivity index (χ4n) is 1.43. The molecule has 0 aromatic rings. The fraction of sp³-hybridized carbons (Fsp3) is 0.600. The third kappa shape index (κ3) is 3.14. The van der Waals surface area contributed by atoms with E-state index in [1.54, 1.807) is 0 Å². The number of nitrogens with one attached hydrogen (secondary N) is 1. The summed E-state index contributed by atoms with van der Waals surface area (Å²) in [6.07, 6.45) is -3.64. The molecule has 1 saturated carbocycles. The van der Waals surface area contributed by atoms with Crippen molar-refractivity contribution in [2.75, 3.05) is 13.1 Å². The molecule has 5 nitrogen and oxygen atoms in total. The van der Waals surface area contributed by atoms with Gasteiger partial charge in [-0.05, 0) is 12.8 Å². The van der Waals surface area contributed by atoms with Crippen molar-refractivity contribution in [1.29, 1.82) is 0 Å². The normalized spacial score (nSPS) is 16.8. The summed E-state index contributed by atoms with van der Waals surface area (Å²) < 4.78 is 37.8. The van der Waals surface area contributed by atoms with E-state index in [0.29, 0.717) is 0 Å². The molecular weight excluding hydrogens is 253 g/mol. The highest BCUT2D eigenvalue weighted by molar-refractivity contribution is 5.81. The summed E-state index contributed by atoms with van der Waals surface area (Å²) in [5, 5.41) is 10.4. The zero-order chi connectivity index (χ0) is 14.0. The molecule has 0 radical (unpaired) electrons. The molecule has 0 bridgehead atoms. The molecule has 1 aliphatic carbocycles. The summed E-state index contributed by atoms with van der Waals surface area (Å²) in [6, 6.07) is -1.05. The molecule has 0 spiro atoms. The smallest absolute Gasteiger partial charge is 0.411 e. The van der Waals surface area contributed by atoms with E-state index < -0.39 is 30.3 Å². The van der Waals surface area contributed by atoms with Gasteiger partial charge < -0.3 is 15.3 Å². The Kier molecular flexibility index (Phi) is 3.88. The molecule has 8 heteroatoms. The maximum absolute atomic E-state index is 12.6. The van der Waals surface area contributed by atoms with E-state index in [2.05, 4.69) is 6.58 Å². The summed E-state index contributed by atoms with van der Waals surface area (Å²) in [5.74, 6) is -1.30. The second-order valence-corrected chi connectivity index (χ2v) is 4.07. The van der Waals surface area contributed by atoms with Gasteiger partial charge >= 0.3 is 18.2 Å². The van der Waals surface area contributed by atoms with Crippen LogP contribution in [-0.2, 0) is 4.79 Å². The number of hydrogen-bond acceptors (Lipinski definition) is 2. The first-order valence-corrected chi connectivity index (χ1v) is 5.18. The number of carbonyl (C=O) groups excluding carboxylic acids is 1. The van der Waals surface area contributed by atoms with Crippen molar-refractivity contribution in [2.45, 2.75) is 24.6 Å². The van der Waals surface area contributed by atoms with Crippen LogP contribution in [0.15, 0.2) is 12.7 Å². The van der Waals surface area contributed by atoms with Gasteiger partial charge in [0.25, 0.3) is 0 Å². The van der Waals surface area contributed by atoms with Crippen LogP contribution in [0.25, 0.3) is 0 Å². The Hall–Kier alpha value is -1.73. The van der Waals surface area contributed by atoms with Gasteiger partial charge in [-0.25, -0.2) is 4.79 Å². The molecular formula is C10H13F3N2O3. The number of urea groups is 1. The molecule has 0 atom stereocenters. The molecule has 0 saturated heterocycles. The van der Waals surface area contributed by atoms with E-state index in [9.17, 15) is 22.8 Å². The maximum Gasteiger partial charge on any atom is 0.411 e. The third-order valence-corrected chi connectivity index (χ3v) is 2.60. The Morgan fingerprint density at radius 2 is 2.00 bits per heavy atom. The van der Waals surface area contributed by atoms with E-state index in [0.717, 1.165) is 4.90 Å². The van der Waals surface area contributed by atoms with Crippen LogP contribution in [0.3, 0.4) is 0 Å². The zero-order valence-electron chi connectivity index (χ0n) is 9.46. The van der Waals surface area contributed by atoms with Crippen molar-refractivity contribution >= 4 is 12.0 Å². The molecule has 0 aromatic carbocycles. The van der Waals surface area contributed by atoms with Gasteiger partial charge in [-0.15, -0.1) is 6.58 Å². The SMILES string of the molecule is C=CCN(CC(=O)O)C(=O)NC1(C(F)(F)F)CC1. The summed E-state index contributed by atoms with van der Waals surface area (Å²) in [7, 11) is 0. The van der Waals surface area contributed by atoms with E-state index >= 15 is 0 Å². The molecule has 2 N–H and O–H groups in total. The van der Waals surface area contributed by atoms with Crippen LogP contribution in [-0.4, -0.2) is 46.8 Å². The van der Waals surface area contributed by atoms with Crippen LogP contribution >= 0.6 is 0 Å². The summed E-state index contributed by atoms with van der Waals surface area (Å²) in [4.78, 5) is 22.8. The van der Waals surface area contributed by atoms with Gasteiger partial charge in [-0.2, -0.15) is 13.2 Å². The Morgan fingerprint density at radius 1 is 1.44 bits per heavy atom. The number of nitrogens with zero attached hydrogens (tertiary/aromatic N) is 1. The standard InChI is InChI=1S/C10H13F3N2O3/c1-2-5-15(6-7(16)17)8(18)14-9(3-4-9)10(11,12)13/h2H,1,3-6H2,(H,14,18)(H,16,17). The van der Waals surface area contributed by atoms with Gasteiger partial charge in [0.1, 0.15) is 12.1 Å². The average Bonchev–Trinajstić information content (AvgIpc) is 2.96. The summed E-state index contributed by atoms with van der Waals surface area (Å²) >= 11 is 0. The lowest BCUT2D eigenvalue weighted by Gasteiger charge is -2.25. The minimum Gasteiger partial charge on any atom is -0.480 e. The number of rotatable bonds is 5. The first-order chi connectivity index (χ1) is 8.22. The van der Waals surface area contributed by atoms with Crippen molar-refractivity contribution in [1.82, 2.24) is 10.2 Å². The van der Waals surface area contributed by atoms with Crippen molar-refractivity contribution in [2.24, 2.45) is 0 Å². The zero-order valence-corrected chi connectivity index (χ0v) is 9.46. The lowest BCUT2D eigenvalue weighted by Crippen LogP contribution is -2.53. The number of amides is 2. The molecule has 1 fully saturated rings. The highest BCUT2D eigenvalue weighted by atomic mass is 19.4. The second-order valence-electron chi connectivity index (χ2n) is 4.07. The summed E-state index contributed by atoms with van der Waals surface area (Å²) in [5.41, 5.74) is -2.19. The monoisotopic (exact) mass is 266 g/mol. The van der Waals surface area contributed by atoms with E-state index in [1.807, 2.05) is 5.32 Å². The minimum atomic E-state index is -4.52. The first kappa shape index (κ1) is 14.3. The lowest BCUT2D eigenvalue weighted by atomic mass is 10.2. The number of carboxylic acids is 1. The molecule has 1 rings (SSSR count). The molecule has 0 unspecified atom stereocenters. The first-order valence-electron chi connectivity index (χ1n) is 5.18. The molecule has 0 aromatic heterocycles. The molecule has 0 aliphatic heterocycles. The van der Waals surface area contributed by atoms with Gasteiger partial charge in [0.05, 0.1) is 0 Å². The predicted octanol–water partition coefficient (Wildman–Crippen LogP) is 1.36. The topological polar surface area (TPSA) is 69.6 Å². The van der Waals surface area contributed by atoms with E-state index in [4.69, 9.17) is 5.11 Å². The Bertz CT molecular complexity index is 364. The number of aliphatic carboxylic acids is 1. The highest BCUT2D eigenvalue weighted by Crippen LogP contribution is 2.48. The molecule has 1 aliphatic rings. The van der Waals surface area contributed by atoms with Crippen LogP contribution < -0.4 is 5.32 Å². The van der Waals surface area contributed by atoms with Gasteiger partial charge in [0.15, 0.2) is 0 Å². The van der Waals surface area contributed by atoms with Crippen molar-refractivity contribution in [3.63, 3.8) is 0 Å². The quantitative estimate of drug-likeness (QED) is 0.738. The predicted molar refractivity (Wildman–Crippen MR) is 56.0 cm³/mol. The van der Waals surface area contributed by atoms with Crippen molar-refractivity contribution in [3.05, 3.63) is 12.7 Å². The van der Waals surface area contributed by atoms with Crippen LogP contribution in [0, 0.1) is 0 Å². The lowest BCUT2D eigenvalue weighted by molar-refractivity contribution is -0.163. The van der Waals surface area contributed by atoms with Gasteiger partial charge in [0, 0.05) is 6.54 Å². The van der Waals surface area contributed by atoms with E-state index in [-0.39, 0.29) is 19.4 Å². The fourth-order valence-corrected chi connectivity index (χ4v) is 1.43. The Balaban J connectivity index is 2.67. The van der Waals surface area contributed by atoms with Crippen LogP contribution in [0.5, 0.6) is 0 Å². The third-order valence-electron chi connectivity index (χ3n) is 2.60. The van der Waals surface area contributed by atoms with Gasteiger partial charge in [-0.1, -0.05) is 6.08 Å². The number of alkyl halides is 3. The maximum atomic E-state index is 12.6. The molecule has 102 valence electrons. The van der Waals surface area contributed by atoms with E-state index in [1.165, 1.54) is 6.08 Å². The average molecular weight is 266 g/mol. The number of carboxylic acid groups (broad SMARTS) is 1. The number of carbonyl (C=O) groups is 2. The summed E-state index contributed by atoms with van der Waals surface area (Å²) in [6.45, 7) is 2.51. The molecule has 0 heterocycles. The second kappa shape index (κ2) is 4.87. The van der Waals surface area contributed by atoms with Crippen LogP contribution in [0.4, 0.5) is 18.0 Å². The van der Waals surface area contributed by atoms with Gasteiger partial charge in [0.2, 0.25) is 0 Å². The van der Waals surface area contributed by atoms with Crippen LogP contribution in [0.1, 0.15) is 12.8 Å². The molecule has 18 heavy (non-hydrogen) atoms. The molecule has 2 amide bonds.